The molecule has 0 aliphatic rings. The number of ether oxygens (including phenoxy) is 1. The molecule has 5 aromatic carbocycles. The molecule has 0 saturated heterocycles. The Morgan fingerprint density at radius 3 is 2.23 bits per heavy atom. The predicted octanol–water partition coefficient (Wildman–Crippen LogP) is 7.30. The molecule has 202 valence electrons. The number of hydrogen-bond acceptors (Lipinski definition) is 5. The molecule has 6 aromatic rings. The maximum Gasteiger partial charge on any atom is 0.235 e. The third kappa shape index (κ3) is 6.39. The van der Waals surface area contributed by atoms with Crippen LogP contribution in [0.15, 0.2) is 120 Å². The highest BCUT2D eigenvalue weighted by Gasteiger charge is 2.18. The highest BCUT2D eigenvalue weighted by Crippen LogP contribution is 2.27. The van der Waals surface area contributed by atoms with Crippen LogP contribution in [-0.4, -0.2) is 19.6 Å². The summed E-state index contributed by atoms with van der Waals surface area (Å²) in [5.41, 5.74) is 4.70. The van der Waals surface area contributed by atoms with E-state index in [-0.39, 0.29) is 4.90 Å². The summed E-state index contributed by atoms with van der Waals surface area (Å²) < 4.78 is 41.0. The van der Waals surface area contributed by atoms with E-state index in [2.05, 4.69) is 102 Å². The Labute approximate surface area is 238 Å². The van der Waals surface area contributed by atoms with E-state index in [0.29, 0.717) is 6.61 Å². The zero-order valence-electron chi connectivity index (χ0n) is 22.3. The summed E-state index contributed by atoms with van der Waals surface area (Å²) >= 11 is 1.84. The molecule has 0 spiro atoms. The zero-order chi connectivity index (χ0) is 28.1. The standard InChI is InChI=1S/C26H22NOS.C7H8O3S/c1-19-27(16-17-28-25-13-7-11-21-10-5-6-12-23(21)25)24-18-22(14-15-26(24)29-19)20-8-3-2-4-9-20;1-6-2-4-7(5-3-6)11(8,9)10/h2-15,18H,16-17H2,1H3;2-5H,1H3,(H,8,9,10)/q+1;/p-1. The lowest BCUT2D eigenvalue weighted by Gasteiger charge is -2.08. The molecule has 0 aliphatic carbocycles. The van der Waals surface area contributed by atoms with Gasteiger partial charge in [0, 0.05) is 18.4 Å². The minimum atomic E-state index is -4.27. The number of nitrogens with zero attached hydrogens (tertiary/aromatic N) is 1. The van der Waals surface area contributed by atoms with Crippen LogP contribution in [0.1, 0.15) is 10.6 Å². The molecule has 0 atom stereocenters. The molecular weight excluding hydrogens is 539 g/mol. The summed E-state index contributed by atoms with van der Waals surface area (Å²) in [5.74, 6) is 0.950. The van der Waals surface area contributed by atoms with E-state index < -0.39 is 10.1 Å². The van der Waals surface area contributed by atoms with Crippen LogP contribution >= 0.6 is 11.3 Å². The summed E-state index contributed by atoms with van der Waals surface area (Å²) in [4.78, 5) is -0.178. The molecule has 5 nitrogen and oxygen atoms in total. The number of aromatic nitrogens is 1. The van der Waals surface area contributed by atoms with Crippen molar-refractivity contribution in [2.75, 3.05) is 6.61 Å². The first-order chi connectivity index (χ1) is 19.3. The Morgan fingerprint density at radius 1 is 0.775 bits per heavy atom. The smallest absolute Gasteiger partial charge is 0.235 e. The molecule has 0 radical (unpaired) electrons. The Morgan fingerprint density at radius 2 is 1.48 bits per heavy atom. The van der Waals surface area contributed by atoms with Crippen LogP contribution in [0.25, 0.3) is 32.1 Å². The van der Waals surface area contributed by atoms with Crippen LogP contribution in [0.5, 0.6) is 5.75 Å². The maximum absolute atomic E-state index is 10.4. The number of rotatable bonds is 6. The van der Waals surface area contributed by atoms with E-state index in [0.717, 1.165) is 17.9 Å². The van der Waals surface area contributed by atoms with Gasteiger partial charge in [0.25, 0.3) is 0 Å². The van der Waals surface area contributed by atoms with Gasteiger partial charge < -0.3 is 9.29 Å². The normalized spacial score (nSPS) is 11.3. The quantitative estimate of drug-likeness (QED) is 0.156. The highest BCUT2D eigenvalue weighted by molar-refractivity contribution is 7.85. The van der Waals surface area contributed by atoms with Gasteiger partial charge in [-0.1, -0.05) is 102 Å². The Bertz CT molecular complexity index is 1860. The van der Waals surface area contributed by atoms with Gasteiger partial charge in [-0.3, -0.25) is 0 Å². The van der Waals surface area contributed by atoms with Crippen LogP contribution in [0.2, 0.25) is 0 Å². The van der Waals surface area contributed by atoms with Crippen LogP contribution in [0.4, 0.5) is 0 Å². The summed E-state index contributed by atoms with van der Waals surface area (Å²) in [5, 5.41) is 3.67. The molecule has 0 N–H and O–H groups in total. The van der Waals surface area contributed by atoms with Crippen LogP contribution in [0, 0.1) is 13.8 Å². The summed E-state index contributed by atoms with van der Waals surface area (Å²) in [6.07, 6.45) is 0. The molecule has 6 rings (SSSR count). The zero-order valence-corrected chi connectivity index (χ0v) is 23.9. The molecule has 0 saturated carbocycles. The van der Waals surface area contributed by atoms with Crippen molar-refractivity contribution in [1.82, 2.24) is 0 Å². The number of hydrogen-bond donors (Lipinski definition) is 0. The average molecular weight is 568 g/mol. The van der Waals surface area contributed by atoms with Gasteiger partial charge in [0.2, 0.25) is 10.5 Å². The van der Waals surface area contributed by atoms with Crippen molar-refractivity contribution in [3.63, 3.8) is 0 Å². The Kier molecular flexibility index (Phi) is 8.26. The van der Waals surface area contributed by atoms with E-state index in [9.17, 15) is 13.0 Å². The summed E-state index contributed by atoms with van der Waals surface area (Å²) in [6.45, 7) is 5.47. The fourth-order valence-electron chi connectivity index (χ4n) is 4.56. The maximum atomic E-state index is 10.4. The molecule has 1 heterocycles. The SMILES string of the molecule is Cc1ccc(S(=O)(=O)[O-])cc1.Cc1sc2ccc(-c3ccccc3)cc2[n+]1CCOc1cccc2ccccc12. The molecule has 0 aliphatic heterocycles. The number of fused-ring (bicyclic) bond motifs is 2. The first-order valence-corrected chi connectivity index (χ1v) is 15.1. The molecule has 7 heteroatoms. The van der Waals surface area contributed by atoms with Gasteiger partial charge in [0.1, 0.15) is 27.2 Å². The van der Waals surface area contributed by atoms with Crippen molar-refractivity contribution in [2.45, 2.75) is 25.3 Å². The molecule has 40 heavy (non-hydrogen) atoms. The number of aryl methyl sites for hydroxylation is 2. The number of benzene rings is 5. The molecule has 0 unspecified atom stereocenters. The summed E-state index contributed by atoms with van der Waals surface area (Å²) in [7, 11) is -4.27. The van der Waals surface area contributed by atoms with E-state index in [4.69, 9.17) is 4.74 Å². The molecule has 1 aromatic heterocycles. The average Bonchev–Trinajstić information content (AvgIpc) is 3.28. The van der Waals surface area contributed by atoms with Crippen molar-refractivity contribution in [3.05, 3.63) is 126 Å². The lowest BCUT2D eigenvalue weighted by atomic mass is 10.1. The first kappa shape index (κ1) is 27.5. The van der Waals surface area contributed by atoms with Crippen LogP contribution in [-0.2, 0) is 16.7 Å². The van der Waals surface area contributed by atoms with Crippen molar-refractivity contribution < 1.29 is 22.3 Å². The fourth-order valence-corrected chi connectivity index (χ4v) is 6.06. The van der Waals surface area contributed by atoms with Crippen LogP contribution in [0.3, 0.4) is 0 Å². The monoisotopic (exact) mass is 567 g/mol. The van der Waals surface area contributed by atoms with Gasteiger partial charge in [0.15, 0.2) is 6.54 Å². The molecule has 0 bridgehead atoms. The van der Waals surface area contributed by atoms with E-state index >= 15 is 0 Å². The minimum Gasteiger partial charge on any atom is -0.744 e. The van der Waals surface area contributed by atoms with Crippen molar-refractivity contribution in [3.8, 4) is 16.9 Å². The molecule has 0 fully saturated rings. The largest absolute Gasteiger partial charge is 0.744 e. The van der Waals surface area contributed by atoms with Gasteiger partial charge in [-0.05, 0) is 47.7 Å². The van der Waals surface area contributed by atoms with Gasteiger partial charge in [-0.25, -0.2) is 8.42 Å². The van der Waals surface area contributed by atoms with Crippen molar-refractivity contribution in [1.29, 1.82) is 0 Å². The van der Waals surface area contributed by atoms with Crippen molar-refractivity contribution in [2.24, 2.45) is 0 Å². The summed E-state index contributed by atoms with van der Waals surface area (Å²) in [6, 6.07) is 37.7. The van der Waals surface area contributed by atoms with E-state index in [1.54, 1.807) is 12.1 Å². The van der Waals surface area contributed by atoms with E-state index in [1.165, 1.54) is 49.3 Å². The minimum absolute atomic E-state index is 0.178. The fraction of sp³-hybridized carbons (Fsp3) is 0.121. The highest BCUT2D eigenvalue weighted by atomic mass is 32.2. The van der Waals surface area contributed by atoms with Gasteiger partial charge in [-0.15, -0.1) is 0 Å². The van der Waals surface area contributed by atoms with Crippen LogP contribution < -0.4 is 9.30 Å². The third-order valence-corrected chi connectivity index (χ3v) is 8.56. The predicted molar refractivity (Wildman–Crippen MR) is 161 cm³/mol. The van der Waals surface area contributed by atoms with Gasteiger partial charge in [0.05, 0.1) is 4.90 Å². The third-order valence-electron chi connectivity index (χ3n) is 6.63. The Balaban J connectivity index is 0.000000248. The van der Waals surface area contributed by atoms with Gasteiger partial charge in [-0.2, -0.15) is 4.57 Å². The van der Waals surface area contributed by atoms with Gasteiger partial charge >= 0.3 is 0 Å². The second-order valence-electron chi connectivity index (χ2n) is 9.41. The second kappa shape index (κ2) is 12.0. The lowest BCUT2D eigenvalue weighted by molar-refractivity contribution is -0.673. The molecule has 0 amide bonds. The molecular formula is C33H29NO4S2. The lowest BCUT2D eigenvalue weighted by Crippen LogP contribution is -2.37. The van der Waals surface area contributed by atoms with E-state index in [1.807, 2.05) is 18.3 Å². The van der Waals surface area contributed by atoms with Crippen molar-refractivity contribution >= 4 is 42.4 Å². The Hall–Kier alpha value is -4.04. The number of thiazole rings is 1. The first-order valence-electron chi connectivity index (χ1n) is 12.9. The topological polar surface area (TPSA) is 70.3 Å². The second-order valence-corrected chi connectivity index (χ2v) is 12.0.